The number of rotatable bonds is 6. The predicted octanol–water partition coefficient (Wildman–Crippen LogP) is 0.749. The molecule has 5 heteroatoms. The molecule has 1 aromatic heterocycles. The number of aromatic nitrogens is 3. The van der Waals surface area contributed by atoms with E-state index in [4.69, 9.17) is 5.73 Å². The fraction of sp³-hybridized carbons (Fsp3) is 0.833. The minimum Gasteiger partial charge on any atom is -0.396 e. The maximum atomic E-state index is 9.68. The van der Waals surface area contributed by atoms with Crippen molar-refractivity contribution in [2.24, 2.45) is 17.1 Å². The van der Waals surface area contributed by atoms with E-state index in [-0.39, 0.29) is 12.0 Å². The molecule has 96 valence electrons. The third-order valence-electron chi connectivity index (χ3n) is 3.81. The van der Waals surface area contributed by atoms with Crippen LogP contribution in [-0.2, 0) is 6.42 Å². The zero-order valence-electron chi connectivity index (χ0n) is 10.6. The molecular formula is C12H22N4O. The average molecular weight is 238 g/mol. The Balaban J connectivity index is 2.19. The minimum absolute atomic E-state index is 0.138. The molecule has 0 radical (unpaired) electrons. The third-order valence-corrected chi connectivity index (χ3v) is 3.81. The Kier molecular flexibility index (Phi) is 3.49. The van der Waals surface area contributed by atoms with Crippen LogP contribution in [0.1, 0.15) is 38.6 Å². The van der Waals surface area contributed by atoms with E-state index in [2.05, 4.69) is 23.9 Å². The van der Waals surface area contributed by atoms with Gasteiger partial charge in [-0.3, -0.25) is 0 Å². The molecule has 0 spiro atoms. The Morgan fingerprint density at radius 2 is 2.29 bits per heavy atom. The molecule has 0 saturated heterocycles. The average Bonchev–Trinajstić information content (AvgIpc) is 3.06. The zero-order chi connectivity index (χ0) is 12.5. The van der Waals surface area contributed by atoms with Gasteiger partial charge in [-0.2, -0.15) is 5.10 Å². The van der Waals surface area contributed by atoms with Crippen LogP contribution < -0.4 is 5.73 Å². The Labute approximate surface area is 102 Å². The van der Waals surface area contributed by atoms with Crippen LogP contribution in [0.2, 0.25) is 0 Å². The van der Waals surface area contributed by atoms with Gasteiger partial charge in [0.2, 0.25) is 0 Å². The molecule has 1 aliphatic carbocycles. The first-order valence-corrected chi connectivity index (χ1v) is 6.32. The maximum Gasteiger partial charge on any atom is 0.138 e. The summed E-state index contributed by atoms with van der Waals surface area (Å²) in [5.74, 6) is 1.49. The minimum atomic E-state index is -0.195. The summed E-state index contributed by atoms with van der Waals surface area (Å²) in [6.07, 6.45) is 4.66. The number of nitrogens with two attached hydrogens (primary N) is 1. The van der Waals surface area contributed by atoms with Crippen LogP contribution in [0, 0.1) is 11.3 Å². The van der Waals surface area contributed by atoms with E-state index in [9.17, 15) is 5.11 Å². The van der Waals surface area contributed by atoms with Crippen LogP contribution in [0.3, 0.4) is 0 Å². The molecule has 1 saturated carbocycles. The molecule has 1 fully saturated rings. The van der Waals surface area contributed by atoms with E-state index in [1.165, 1.54) is 12.8 Å². The van der Waals surface area contributed by atoms with Crippen molar-refractivity contribution < 1.29 is 5.11 Å². The summed E-state index contributed by atoms with van der Waals surface area (Å²) in [6.45, 7) is 4.81. The smallest absolute Gasteiger partial charge is 0.138 e. The monoisotopic (exact) mass is 238 g/mol. The summed E-state index contributed by atoms with van der Waals surface area (Å²) in [5.41, 5.74) is 5.69. The van der Waals surface area contributed by atoms with Gasteiger partial charge in [-0.05, 0) is 32.6 Å². The lowest BCUT2D eigenvalue weighted by Gasteiger charge is -2.30. The maximum absolute atomic E-state index is 9.68. The number of aliphatic hydroxyl groups excluding tert-OH is 1. The topological polar surface area (TPSA) is 77.0 Å². The molecule has 5 nitrogen and oxygen atoms in total. The molecule has 0 aromatic carbocycles. The van der Waals surface area contributed by atoms with Crippen LogP contribution >= 0.6 is 0 Å². The van der Waals surface area contributed by atoms with Crippen molar-refractivity contribution in [2.75, 3.05) is 13.2 Å². The molecule has 3 N–H and O–H groups in total. The van der Waals surface area contributed by atoms with Gasteiger partial charge in [-0.25, -0.2) is 9.67 Å². The molecule has 1 aliphatic rings. The van der Waals surface area contributed by atoms with Gasteiger partial charge in [0.1, 0.15) is 12.2 Å². The lowest BCUT2D eigenvalue weighted by molar-refractivity contribution is 0.105. The summed E-state index contributed by atoms with van der Waals surface area (Å²) < 4.78 is 1.92. The fourth-order valence-corrected chi connectivity index (χ4v) is 2.48. The van der Waals surface area contributed by atoms with Gasteiger partial charge in [0.05, 0.1) is 6.61 Å². The zero-order valence-corrected chi connectivity index (χ0v) is 10.6. The lowest BCUT2D eigenvalue weighted by Crippen LogP contribution is -2.39. The van der Waals surface area contributed by atoms with Gasteiger partial charge in [-0.1, -0.05) is 0 Å². The highest BCUT2D eigenvalue weighted by Gasteiger charge is 2.44. The van der Waals surface area contributed by atoms with Crippen LogP contribution in [0.15, 0.2) is 6.33 Å². The van der Waals surface area contributed by atoms with Gasteiger partial charge >= 0.3 is 0 Å². The van der Waals surface area contributed by atoms with Crippen molar-refractivity contribution in [2.45, 2.75) is 39.2 Å². The van der Waals surface area contributed by atoms with Crippen molar-refractivity contribution >= 4 is 0 Å². The van der Waals surface area contributed by atoms with Gasteiger partial charge in [0, 0.05) is 24.4 Å². The molecule has 1 atom stereocenters. The van der Waals surface area contributed by atoms with Gasteiger partial charge < -0.3 is 10.8 Å². The quantitative estimate of drug-likeness (QED) is 0.766. The predicted molar refractivity (Wildman–Crippen MR) is 65.4 cm³/mol. The highest BCUT2D eigenvalue weighted by atomic mass is 16.3. The molecular weight excluding hydrogens is 216 g/mol. The molecule has 1 aromatic rings. The fourth-order valence-electron chi connectivity index (χ4n) is 2.48. The van der Waals surface area contributed by atoms with E-state index in [0.717, 1.165) is 12.2 Å². The summed E-state index contributed by atoms with van der Waals surface area (Å²) in [6, 6.07) is 0.292. The first kappa shape index (κ1) is 12.5. The van der Waals surface area contributed by atoms with E-state index >= 15 is 0 Å². The van der Waals surface area contributed by atoms with Crippen molar-refractivity contribution in [3.8, 4) is 0 Å². The van der Waals surface area contributed by atoms with Crippen molar-refractivity contribution in [3.63, 3.8) is 0 Å². The normalized spacial score (nSPS) is 19.6. The standard InChI is InChI=1S/C12H22N4O/c1-9(2)16-11(14-8-15-16)5-12(6-13,7-17)10-3-4-10/h8-10,17H,3-7,13H2,1-2H3. The summed E-state index contributed by atoms with van der Waals surface area (Å²) in [4.78, 5) is 4.31. The molecule has 0 aliphatic heterocycles. The number of hydrogen-bond donors (Lipinski definition) is 2. The molecule has 1 heterocycles. The molecule has 0 amide bonds. The highest BCUT2D eigenvalue weighted by molar-refractivity contribution is 5.02. The largest absolute Gasteiger partial charge is 0.396 e. The first-order valence-electron chi connectivity index (χ1n) is 6.32. The van der Waals surface area contributed by atoms with Crippen molar-refractivity contribution in [1.29, 1.82) is 0 Å². The van der Waals surface area contributed by atoms with E-state index < -0.39 is 0 Å². The Morgan fingerprint density at radius 3 is 2.76 bits per heavy atom. The second-order valence-corrected chi connectivity index (χ2v) is 5.39. The van der Waals surface area contributed by atoms with Crippen LogP contribution in [0.4, 0.5) is 0 Å². The van der Waals surface area contributed by atoms with Crippen LogP contribution in [0.25, 0.3) is 0 Å². The molecule has 0 bridgehead atoms. The summed E-state index contributed by atoms with van der Waals surface area (Å²) in [7, 11) is 0. The number of aliphatic hydroxyl groups is 1. The summed E-state index contributed by atoms with van der Waals surface area (Å²) in [5, 5.41) is 13.9. The first-order chi connectivity index (χ1) is 8.13. The molecule has 17 heavy (non-hydrogen) atoms. The lowest BCUT2D eigenvalue weighted by atomic mass is 9.80. The van der Waals surface area contributed by atoms with Gasteiger partial charge in [-0.15, -0.1) is 0 Å². The van der Waals surface area contributed by atoms with Crippen molar-refractivity contribution in [1.82, 2.24) is 14.8 Å². The Morgan fingerprint density at radius 1 is 1.59 bits per heavy atom. The van der Waals surface area contributed by atoms with E-state index in [0.29, 0.717) is 18.5 Å². The van der Waals surface area contributed by atoms with Crippen molar-refractivity contribution in [3.05, 3.63) is 12.2 Å². The third kappa shape index (κ3) is 2.35. The summed E-state index contributed by atoms with van der Waals surface area (Å²) >= 11 is 0. The highest BCUT2D eigenvalue weighted by Crippen LogP contribution is 2.46. The second-order valence-electron chi connectivity index (χ2n) is 5.39. The number of hydrogen-bond acceptors (Lipinski definition) is 4. The van der Waals surface area contributed by atoms with E-state index in [1.807, 2.05) is 4.68 Å². The second kappa shape index (κ2) is 4.74. The number of nitrogens with zero attached hydrogens (tertiary/aromatic N) is 3. The van der Waals surface area contributed by atoms with Crippen LogP contribution in [0.5, 0.6) is 0 Å². The molecule has 1 unspecified atom stereocenters. The van der Waals surface area contributed by atoms with Gasteiger partial charge in [0.25, 0.3) is 0 Å². The van der Waals surface area contributed by atoms with Gasteiger partial charge in [0.15, 0.2) is 0 Å². The van der Waals surface area contributed by atoms with E-state index in [1.54, 1.807) is 6.33 Å². The molecule has 2 rings (SSSR count). The SMILES string of the molecule is CC(C)n1ncnc1CC(CN)(CO)C1CC1. The Bertz CT molecular complexity index is 366. The Hall–Kier alpha value is -0.940. The van der Waals surface area contributed by atoms with Crippen LogP contribution in [-0.4, -0.2) is 33.0 Å².